The minimum absolute atomic E-state index is 0.0714. The Morgan fingerprint density at radius 2 is 2.29 bits per heavy atom. The van der Waals surface area contributed by atoms with Crippen molar-refractivity contribution >= 4 is 9.84 Å². The summed E-state index contributed by atoms with van der Waals surface area (Å²) >= 11 is 0. The van der Waals surface area contributed by atoms with Crippen molar-refractivity contribution in [3.63, 3.8) is 0 Å². The van der Waals surface area contributed by atoms with Crippen molar-refractivity contribution in [2.45, 2.75) is 18.8 Å². The SMILES string of the molecule is NCCc1cc(=O)[nH]c(C2CCS(=O)(=O)C2)n1. The summed E-state index contributed by atoms with van der Waals surface area (Å²) in [6.45, 7) is 0.416. The Morgan fingerprint density at radius 1 is 1.53 bits per heavy atom. The minimum atomic E-state index is -2.97. The maximum atomic E-state index is 11.4. The van der Waals surface area contributed by atoms with Crippen LogP contribution in [0.15, 0.2) is 10.9 Å². The lowest BCUT2D eigenvalue weighted by Gasteiger charge is -2.08. The monoisotopic (exact) mass is 257 g/mol. The van der Waals surface area contributed by atoms with Crippen molar-refractivity contribution in [3.8, 4) is 0 Å². The van der Waals surface area contributed by atoms with Crippen LogP contribution < -0.4 is 11.3 Å². The first-order valence-electron chi connectivity index (χ1n) is 5.51. The molecule has 1 aromatic heterocycles. The maximum Gasteiger partial charge on any atom is 0.251 e. The molecule has 1 fully saturated rings. The summed E-state index contributed by atoms with van der Waals surface area (Å²) in [4.78, 5) is 18.3. The van der Waals surface area contributed by atoms with E-state index in [-0.39, 0.29) is 23.0 Å². The number of nitrogens with one attached hydrogen (secondary N) is 1. The molecule has 1 atom stereocenters. The van der Waals surface area contributed by atoms with Crippen LogP contribution >= 0.6 is 0 Å². The van der Waals surface area contributed by atoms with E-state index in [4.69, 9.17) is 5.73 Å². The summed E-state index contributed by atoms with van der Waals surface area (Å²) < 4.78 is 22.7. The predicted molar refractivity (Wildman–Crippen MR) is 63.6 cm³/mol. The number of nitrogens with two attached hydrogens (primary N) is 1. The van der Waals surface area contributed by atoms with Gasteiger partial charge in [-0.05, 0) is 13.0 Å². The second-order valence-corrected chi connectivity index (χ2v) is 6.49. The second-order valence-electron chi connectivity index (χ2n) is 4.26. The van der Waals surface area contributed by atoms with Gasteiger partial charge in [-0.25, -0.2) is 13.4 Å². The van der Waals surface area contributed by atoms with Gasteiger partial charge < -0.3 is 10.7 Å². The number of rotatable bonds is 3. The molecule has 17 heavy (non-hydrogen) atoms. The van der Waals surface area contributed by atoms with E-state index < -0.39 is 9.84 Å². The summed E-state index contributed by atoms with van der Waals surface area (Å²) in [6, 6.07) is 1.40. The van der Waals surface area contributed by atoms with Crippen LogP contribution in [0.3, 0.4) is 0 Å². The van der Waals surface area contributed by atoms with Crippen molar-refractivity contribution < 1.29 is 8.42 Å². The first-order valence-corrected chi connectivity index (χ1v) is 7.33. The average Bonchev–Trinajstić information content (AvgIpc) is 2.58. The fraction of sp³-hybridized carbons (Fsp3) is 0.600. The first kappa shape index (κ1) is 12.3. The van der Waals surface area contributed by atoms with E-state index >= 15 is 0 Å². The Morgan fingerprint density at radius 3 is 2.88 bits per heavy atom. The van der Waals surface area contributed by atoms with Gasteiger partial charge in [0.15, 0.2) is 9.84 Å². The molecule has 1 aliphatic heterocycles. The van der Waals surface area contributed by atoms with E-state index in [2.05, 4.69) is 9.97 Å². The zero-order chi connectivity index (χ0) is 12.5. The number of aromatic amines is 1. The van der Waals surface area contributed by atoms with E-state index in [0.717, 1.165) is 0 Å². The Hall–Kier alpha value is -1.21. The number of hydrogen-bond acceptors (Lipinski definition) is 5. The molecule has 7 heteroatoms. The summed E-state index contributed by atoms with van der Waals surface area (Å²) in [5, 5.41) is 0. The van der Waals surface area contributed by atoms with Crippen LogP contribution in [-0.4, -0.2) is 36.4 Å². The van der Waals surface area contributed by atoms with Gasteiger partial charge in [-0.15, -0.1) is 0 Å². The Bertz CT molecular complexity index is 564. The molecule has 3 N–H and O–H groups in total. The van der Waals surface area contributed by atoms with Crippen LogP contribution in [0.25, 0.3) is 0 Å². The highest BCUT2D eigenvalue weighted by atomic mass is 32.2. The molecule has 0 spiro atoms. The molecule has 6 nitrogen and oxygen atoms in total. The van der Waals surface area contributed by atoms with E-state index in [0.29, 0.717) is 30.9 Å². The molecule has 1 unspecified atom stereocenters. The molecule has 2 rings (SSSR count). The minimum Gasteiger partial charge on any atom is -0.330 e. The third kappa shape index (κ3) is 2.92. The van der Waals surface area contributed by atoms with Crippen LogP contribution in [-0.2, 0) is 16.3 Å². The highest BCUT2D eigenvalue weighted by molar-refractivity contribution is 7.91. The molecule has 0 saturated carbocycles. The average molecular weight is 257 g/mol. The molecule has 0 aromatic carbocycles. The Balaban J connectivity index is 2.30. The zero-order valence-corrected chi connectivity index (χ0v) is 10.2. The number of nitrogens with zero attached hydrogens (tertiary/aromatic N) is 1. The van der Waals surface area contributed by atoms with Crippen LogP contribution in [0.1, 0.15) is 23.9 Å². The predicted octanol–water partition coefficient (Wildman–Crippen LogP) is -0.827. The van der Waals surface area contributed by atoms with Crippen molar-refractivity contribution in [1.82, 2.24) is 9.97 Å². The van der Waals surface area contributed by atoms with E-state index in [9.17, 15) is 13.2 Å². The lowest BCUT2D eigenvalue weighted by Crippen LogP contribution is -2.18. The van der Waals surface area contributed by atoms with Crippen LogP contribution in [0, 0.1) is 0 Å². The van der Waals surface area contributed by atoms with Crippen molar-refractivity contribution in [3.05, 3.63) is 27.9 Å². The van der Waals surface area contributed by atoms with Gasteiger partial charge in [-0.1, -0.05) is 0 Å². The van der Waals surface area contributed by atoms with E-state index in [1.54, 1.807) is 0 Å². The highest BCUT2D eigenvalue weighted by Gasteiger charge is 2.30. The van der Waals surface area contributed by atoms with E-state index in [1.165, 1.54) is 6.07 Å². The summed E-state index contributed by atoms with van der Waals surface area (Å²) in [6.07, 6.45) is 1.05. The molecule has 2 heterocycles. The molecule has 0 aliphatic carbocycles. The fourth-order valence-corrected chi connectivity index (χ4v) is 3.76. The second kappa shape index (κ2) is 4.58. The summed E-state index contributed by atoms with van der Waals surface area (Å²) in [5.74, 6) is 0.525. The standard InChI is InChI=1S/C10H15N3O3S/c11-3-1-8-5-9(14)13-10(12-8)7-2-4-17(15,16)6-7/h5,7H,1-4,6,11H2,(H,12,13,14). The molecular weight excluding hydrogens is 242 g/mol. The maximum absolute atomic E-state index is 11.4. The smallest absolute Gasteiger partial charge is 0.251 e. The number of aromatic nitrogens is 2. The van der Waals surface area contributed by atoms with Gasteiger partial charge in [0, 0.05) is 24.1 Å². The zero-order valence-electron chi connectivity index (χ0n) is 9.35. The van der Waals surface area contributed by atoms with Gasteiger partial charge >= 0.3 is 0 Å². The van der Waals surface area contributed by atoms with Crippen molar-refractivity contribution in [2.75, 3.05) is 18.1 Å². The number of sulfone groups is 1. The molecule has 1 saturated heterocycles. The fourth-order valence-electron chi connectivity index (χ4n) is 2.01. The van der Waals surface area contributed by atoms with Gasteiger partial charge in [-0.2, -0.15) is 0 Å². The van der Waals surface area contributed by atoms with Gasteiger partial charge in [0.2, 0.25) is 0 Å². The molecule has 94 valence electrons. The van der Waals surface area contributed by atoms with Gasteiger partial charge in [0.25, 0.3) is 5.56 Å². The van der Waals surface area contributed by atoms with Crippen LogP contribution in [0.4, 0.5) is 0 Å². The van der Waals surface area contributed by atoms with Crippen molar-refractivity contribution in [2.24, 2.45) is 5.73 Å². The molecule has 0 bridgehead atoms. The van der Waals surface area contributed by atoms with Gasteiger partial charge in [0.1, 0.15) is 5.82 Å². The number of H-pyrrole nitrogens is 1. The lowest BCUT2D eigenvalue weighted by molar-refractivity contribution is 0.601. The normalized spacial score (nSPS) is 22.8. The van der Waals surface area contributed by atoms with E-state index in [1.807, 2.05) is 0 Å². The van der Waals surface area contributed by atoms with Crippen LogP contribution in [0.2, 0.25) is 0 Å². The molecule has 0 amide bonds. The first-order chi connectivity index (χ1) is 8.00. The topological polar surface area (TPSA) is 106 Å². The lowest BCUT2D eigenvalue weighted by atomic mass is 10.1. The van der Waals surface area contributed by atoms with Crippen molar-refractivity contribution in [1.29, 1.82) is 0 Å². The third-order valence-corrected chi connectivity index (χ3v) is 4.60. The molecular formula is C10H15N3O3S. The Labute approximate surface area is 99.2 Å². The molecule has 0 radical (unpaired) electrons. The van der Waals surface area contributed by atoms with Crippen LogP contribution in [0.5, 0.6) is 0 Å². The number of hydrogen-bond donors (Lipinski definition) is 2. The van der Waals surface area contributed by atoms with Gasteiger partial charge in [-0.3, -0.25) is 4.79 Å². The molecule has 1 aliphatic rings. The molecule has 1 aromatic rings. The third-order valence-electron chi connectivity index (χ3n) is 2.83. The Kier molecular flexibility index (Phi) is 3.30. The largest absolute Gasteiger partial charge is 0.330 e. The van der Waals surface area contributed by atoms with Gasteiger partial charge in [0.05, 0.1) is 11.5 Å². The quantitative estimate of drug-likeness (QED) is 0.735. The summed E-state index contributed by atoms with van der Waals surface area (Å²) in [5.41, 5.74) is 5.78. The summed E-state index contributed by atoms with van der Waals surface area (Å²) in [7, 11) is -2.97. The highest BCUT2D eigenvalue weighted by Crippen LogP contribution is 2.25.